The van der Waals surface area contributed by atoms with Gasteiger partial charge in [0.15, 0.2) is 4.67 Å². The van der Waals surface area contributed by atoms with E-state index in [1.54, 1.807) is 6.26 Å². The number of aryl methyl sites for hydroxylation is 2. The van der Waals surface area contributed by atoms with Gasteiger partial charge in [0.25, 0.3) is 0 Å². The van der Waals surface area contributed by atoms with E-state index < -0.39 is 0 Å². The Morgan fingerprint density at radius 1 is 1.59 bits per heavy atom. The van der Waals surface area contributed by atoms with E-state index in [9.17, 15) is 0 Å². The van der Waals surface area contributed by atoms with Crippen LogP contribution in [0.15, 0.2) is 27.5 Å². The topological polar surface area (TPSA) is 57.0 Å². The van der Waals surface area contributed by atoms with Crippen LogP contribution in [-0.4, -0.2) is 9.78 Å². The standard InChI is InChI=1S/C12H16BrN3O/c1-3-16-9(6-8(2)15-16)7-11(14)10-4-5-17-12(10)13/h4-6,11H,3,7,14H2,1-2H3. The molecule has 2 heterocycles. The van der Waals surface area contributed by atoms with Gasteiger partial charge in [0.05, 0.1) is 12.0 Å². The minimum Gasteiger partial charge on any atom is -0.457 e. The maximum Gasteiger partial charge on any atom is 0.173 e. The Morgan fingerprint density at radius 2 is 2.35 bits per heavy atom. The van der Waals surface area contributed by atoms with E-state index in [-0.39, 0.29) is 6.04 Å². The number of rotatable bonds is 4. The molecular weight excluding hydrogens is 282 g/mol. The predicted octanol–water partition coefficient (Wildman–Crippen LogP) is 2.81. The van der Waals surface area contributed by atoms with Crippen molar-refractivity contribution in [2.45, 2.75) is 32.9 Å². The number of nitrogens with zero attached hydrogens (tertiary/aromatic N) is 2. The molecule has 4 nitrogen and oxygen atoms in total. The van der Waals surface area contributed by atoms with Crippen molar-refractivity contribution in [2.75, 3.05) is 0 Å². The zero-order valence-corrected chi connectivity index (χ0v) is 11.6. The molecule has 5 heteroatoms. The number of nitrogens with two attached hydrogens (primary N) is 1. The lowest BCUT2D eigenvalue weighted by molar-refractivity contribution is 0.527. The molecule has 0 radical (unpaired) electrons. The van der Waals surface area contributed by atoms with Crippen LogP contribution >= 0.6 is 15.9 Å². The van der Waals surface area contributed by atoms with Crippen LogP contribution in [0.5, 0.6) is 0 Å². The van der Waals surface area contributed by atoms with Crippen LogP contribution in [0.2, 0.25) is 0 Å². The van der Waals surface area contributed by atoms with Gasteiger partial charge >= 0.3 is 0 Å². The molecule has 0 aliphatic heterocycles. The molecule has 0 bridgehead atoms. The third kappa shape index (κ3) is 2.61. The summed E-state index contributed by atoms with van der Waals surface area (Å²) in [4.78, 5) is 0. The van der Waals surface area contributed by atoms with Crippen LogP contribution in [0.1, 0.15) is 29.9 Å². The molecule has 0 fully saturated rings. The van der Waals surface area contributed by atoms with E-state index in [0.29, 0.717) is 4.67 Å². The monoisotopic (exact) mass is 297 g/mol. The van der Waals surface area contributed by atoms with Crippen LogP contribution in [0, 0.1) is 6.92 Å². The average molecular weight is 298 g/mol. The molecule has 1 unspecified atom stereocenters. The summed E-state index contributed by atoms with van der Waals surface area (Å²) < 4.78 is 7.90. The summed E-state index contributed by atoms with van der Waals surface area (Å²) in [6, 6.07) is 3.90. The molecule has 2 aromatic rings. The van der Waals surface area contributed by atoms with Crippen molar-refractivity contribution >= 4 is 15.9 Å². The molecule has 0 aromatic carbocycles. The summed E-state index contributed by atoms with van der Waals surface area (Å²) in [6.45, 7) is 4.94. The van der Waals surface area contributed by atoms with Gasteiger partial charge in [-0.25, -0.2) is 0 Å². The van der Waals surface area contributed by atoms with Crippen LogP contribution in [-0.2, 0) is 13.0 Å². The van der Waals surface area contributed by atoms with E-state index in [1.165, 1.54) is 0 Å². The third-order valence-electron chi connectivity index (χ3n) is 2.76. The number of halogens is 1. The van der Waals surface area contributed by atoms with Gasteiger partial charge in [0.2, 0.25) is 0 Å². The molecule has 2 N–H and O–H groups in total. The quantitative estimate of drug-likeness (QED) is 0.944. The molecule has 0 aliphatic carbocycles. The Balaban J connectivity index is 2.18. The molecule has 1 atom stereocenters. The second kappa shape index (κ2) is 5.06. The minimum atomic E-state index is -0.0791. The minimum absolute atomic E-state index is 0.0791. The average Bonchev–Trinajstić information content (AvgIpc) is 2.84. The molecule has 0 amide bonds. The Bertz CT molecular complexity index is 504. The van der Waals surface area contributed by atoms with Gasteiger partial charge < -0.3 is 10.2 Å². The first kappa shape index (κ1) is 12.4. The van der Waals surface area contributed by atoms with Gasteiger partial charge in [-0.3, -0.25) is 4.68 Å². The first-order valence-electron chi connectivity index (χ1n) is 5.63. The summed E-state index contributed by atoms with van der Waals surface area (Å²) >= 11 is 3.35. The van der Waals surface area contributed by atoms with Crippen molar-refractivity contribution in [1.29, 1.82) is 0 Å². The fourth-order valence-corrected chi connectivity index (χ4v) is 2.48. The van der Waals surface area contributed by atoms with Crippen molar-refractivity contribution in [3.05, 3.63) is 40.0 Å². The molecule has 0 saturated heterocycles. The highest BCUT2D eigenvalue weighted by molar-refractivity contribution is 9.10. The summed E-state index contributed by atoms with van der Waals surface area (Å²) in [5, 5.41) is 4.41. The fourth-order valence-electron chi connectivity index (χ4n) is 1.94. The highest BCUT2D eigenvalue weighted by Gasteiger charge is 2.15. The van der Waals surface area contributed by atoms with E-state index >= 15 is 0 Å². The summed E-state index contributed by atoms with van der Waals surface area (Å²) in [6.07, 6.45) is 2.40. The van der Waals surface area contributed by atoms with Gasteiger partial charge in [-0.2, -0.15) is 5.10 Å². The number of furan rings is 1. The van der Waals surface area contributed by atoms with Gasteiger partial charge in [-0.1, -0.05) is 0 Å². The molecular formula is C12H16BrN3O. The Kier molecular flexibility index (Phi) is 3.69. The lowest BCUT2D eigenvalue weighted by Crippen LogP contribution is -2.15. The lowest BCUT2D eigenvalue weighted by Gasteiger charge is -2.11. The van der Waals surface area contributed by atoms with Crippen LogP contribution in [0.25, 0.3) is 0 Å². The fraction of sp³-hybridized carbons (Fsp3) is 0.417. The number of hydrogen-bond donors (Lipinski definition) is 1. The van der Waals surface area contributed by atoms with E-state index in [2.05, 4.69) is 34.0 Å². The molecule has 0 saturated carbocycles. The van der Waals surface area contributed by atoms with Crippen molar-refractivity contribution in [1.82, 2.24) is 9.78 Å². The number of hydrogen-bond acceptors (Lipinski definition) is 3. The smallest absolute Gasteiger partial charge is 0.173 e. The molecule has 2 rings (SSSR count). The van der Waals surface area contributed by atoms with Gasteiger partial charge in [0.1, 0.15) is 0 Å². The van der Waals surface area contributed by atoms with E-state index in [1.807, 2.05) is 17.7 Å². The molecule has 2 aromatic heterocycles. The zero-order chi connectivity index (χ0) is 12.4. The van der Waals surface area contributed by atoms with Gasteiger partial charge in [0, 0.05) is 30.3 Å². The highest BCUT2D eigenvalue weighted by Crippen LogP contribution is 2.25. The highest BCUT2D eigenvalue weighted by atomic mass is 79.9. The Hall–Kier alpha value is -1.07. The summed E-state index contributed by atoms with van der Waals surface area (Å²) in [7, 11) is 0. The lowest BCUT2D eigenvalue weighted by atomic mass is 10.1. The maximum absolute atomic E-state index is 6.17. The first-order chi connectivity index (χ1) is 8.11. The van der Waals surface area contributed by atoms with E-state index in [0.717, 1.165) is 29.9 Å². The Morgan fingerprint density at radius 3 is 2.94 bits per heavy atom. The Labute approximate surface area is 109 Å². The molecule has 92 valence electrons. The largest absolute Gasteiger partial charge is 0.457 e. The number of aromatic nitrogens is 2. The maximum atomic E-state index is 6.17. The van der Waals surface area contributed by atoms with Crippen molar-refractivity contribution in [3.63, 3.8) is 0 Å². The van der Waals surface area contributed by atoms with Crippen molar-refractivity contribution < 1.29 is 4.42 Å². The van der Waals surface area contributed by atoms with Crippen molar-refractivity contribution in [3.8, 4) is 0 Å². The first-order valence-corrected chi connectivity index (χ1v) is 6.43. The van der Waals surface area contributed by atoms with Crippen LogP contribution < -0.4 is 5.73 Å². The normalized spacial score (nSPS) is 12.9. The SMILES string of the molecule is CCn1nc(C)cc1CC(N)c1ccoc1Br. The zero-order valence-electron chi connectivity index (χ0n) is 9.98. The van der Waals surface area contributed by atoms with E-state index in [4.69, 9.17) is 10.2 Å². The van der Waals surface area contributed by atoms with Gasteiger partial charge in [-0.05, 0) is 41.9 Å². The van der Waals surface area contributed by atoms with Gasteiger partial charge in [-0.15, -0.1) is 0 Å². The van der Waals surface area contributed by atoms with Crippen LogP contribution in [0.4, 0.5) is 0 Å². The second-order valence-electron chi connectivity index (χ2n) is 4.05. The van der Waals surface area contributed by atoms with Crippen molar-refractivity contribution in [2.24, 2.45) is 5.73 Å². The molecule has 0 aliphatic rings. The summed E-state index contributed by atoms with van der Waals surface area (Å²) in [5.41, 5.74) is 9.35. The molecule has 17 heavy (non-hydrogen) atoms. The van der Waals surface area contributed by atoms with Crippen LogP contribution in [0.3, 0.4) is 0 Å². The third-order valence-corrected chi connectivity index (χ3v) is 3.40. The molecule has 0 spiro atoms. The predicted molar refractivity (Wildman–Crippen MR) is 69.7 cm³/mol. The second-order valence-corrected chi connectivity index (χ2v) is 4.77. The summed E-state index contributed by atoms with van der Waals surface area (Å²) in [5.74, 6) is 0.